The highest BCUT2D eigenvalue weighted by Crippen LogP contribution is 2.30. The van der Waals surface area contributed by atoms with E-state index in [-0.39, 0.29) is 5.69 Å². The largest absolute Gasteiger partial charge is 0.456 e. The number of nitrogens with zero attached hydrogens (tertiary/aromatic N) is 1. The van der Waals surface area contributed by atoms with Gasteiger partial charge in [-0.2, -0.15) is 0 Å². The summed E-state index contributed by atoms with van der Waals surface area (Å²) in [5.41, 5.74) is 3.10. The van der Waals surface area contributed by atoms with E-state index in [0.29, 0.717) is 10.8 Å². The van der Waals surface area contributed by atoms with Crippen LogP contribution in [0.1, 0.15) is 0 Å². The number of non-ortho nitro benzene ring substituents is 1. The average molecular weight is 363 g/mol. The minimum atomic E-state index is -0.442. The Hall–Kier alpha value is -3.45. The number of rotatable bonds is 3. The van der Waals surface area contributed by atoms with Crippen molar-refractivity contribution in [3.05, 3.63) is 76.8 Å². The number of nitrogens with one attached hydrogen (secondary N) is 2. The molecule has 2 N–H and O–H groups in total. The molecule has 0 atom stereocenters. The third-order valence-corrected chi connectivity index (χ3v) is 4.18. The van der Waals surface area contributed by atoms with Crippen LogP contribution in [0.5, 0.6) is 0 Å². The lowest BCUT2D eigenvalue weighted by atomic mass is 10.1. The highest BCUT2D eigenvalue weighted by atomic mass is 32.1. The number of para-hydroxylation sites is 1. The predicted octanol–water partition coefficient (Wildman–Crippen LogP) is 5.30. The van der Waals surface area contributed by atoms with E-state index in [0.717, 1.165) is 27.6 Å². The number of nitro benzene ring substituents is 1. The van der Waals surface area contributed by atoms with E-state index in [1.807, 2.05) is 42.5 Å². The highest BCUT2D eigenvalue weighted by Gasteiger charge is 2.08. The summed E-state index contributed by atoms with van der Waals surface area (Å²) in [7, 11) is 0. The van der Waals surface area contributed by atoms with Gasteiger partial charge >= 0.3 is 0 Å². The maximum Gasteiger partial charge on any atom is 0.269 e. The summed E-state index contributed by atoms with van der Waals surface area (Å²) in [5, 5.41) is 19.3. The minimum absolute atomic E-state index is 0.0322. The summed E-state index contributed by atoms with van der Waals surface area (Å²) in [6.45, 7) is 0. The maximum atomic E-state index is 10.7. The van der Waals surface area contributed by atoms with Crippen molar-refractivity contribution in [3.8, 4) is 0 Å². The molecule has 1 heterocycles. The van der Waals surface area contributed by atoms with Crippen LogP contribution in [0.2, 0.25) is 0 Å². The van der Waals surface area contributed by atoms with Gasteiger partial charge in [-0.1, -0.05) is 18.2 Å². The summed E-state index contributed by atoms with van der Waals surface area (Å²) in [6, 6.07) is 19.7. The van der Waals surface area contributed by atoms with E-state index >= 15 is 0 Å². The maximum absolute atomic E-state index is 10.7. The molecule has 4 aromatic rings. The van der Waals surface area contributed by atoms with Crippen LogP contribution < -0.4 is 10.6 Å². The summed E-state index contributed by atoms with van der Waals surface area (Å²) in [5.74, 6) is 0. The molecule has 0 fully saturated rings. The highest BCUT2D eigenvalue weighted by molar-refractivity contribution is 7.80. The molecule has 0 aliphatic heterocycles. The Balaban J connectivity index is 1.51. The summed E-state index contributed by atoms with van der Waals surface area (Å²) in [6.07, 6.45) is 0. The molecule has 4 rings (SSSR count). The lowest BCUT2D eigenvalue weighted by molar-refractivity contribution is -0.384. The van der Waals surface area contributed by atoms with Gasteiger partial charge in [0, 0.05) is 40.3 Å². The van der Waals surface area contributed by atoms with Gasteiger partial charge in [0.2, 0.25) is 0 Å². The van der Waals surface area contributed by atoms with E-state index < -0.39 is 4.92 Å². The molecule has 0 unspecified atom stereocenters. The Morgan fingerprint density at radius 2 is 1.54 bits per heavy atom. The zero-order valence-electron chi connectivity index (χ0n) is 13.4. The molecule has 0 aliphatic rings. The third kappa shape index (κ3) is 3.07. The molecule has 0 bridgehead atoms. The van der Waals surface area contributed by atoms with Gasteiger partial charge in [0.15, 0.2) is 5.11 Å². The molecule has 0 radical (unpaired) electrons. The molecular weight excluding hydrogens is 350 g/mol. The van der Waals surface area contributed by atoms with Gasteiger partial charge in [0.25, 0.3) is 5.69 Å². The van der Waals surface area contributed by atoms with Crippen molar-refractivity contribution in [2.75, 3.05) is 10.6 Å². The topological polar surface area (TPSA) is 80.3 Å². The summed E-state index contributed by atoms with van der Waals surface area (Å²) >= 11 is 5.30. The Bertz CT molecular complexity index is 1140. The molecule has 7 heteroatoms. The number of benzene rings is 3. The second kappa shape index (κ2) is 6.45. The summed E-state index contributed by atoms with van der Waals surface area (Å²) < 4.78 is 5.86. The minimum Gasteiger partial charge on any atom is -0.456 e. The molecule has 0 spiro atoms. The predicted molar refractivity (Wildman–Crippen MR) is 107 cm³/mol. The van der Waals surface area contributed by atoms with Crippen molar-refractivity contribution < 1.29 is 9.34 Å². The van der Waals surface area contributed by atoms with Gasteiger partial charge in [-0.15, -0.1) is 0 Å². The van der Waals surface area contributed by atoms with Crippen molar-refractivity contribution in [3.63, 3.8) is 0 Å². The number of fused-ring (bicyclic) bond motifs is 3. The van der Waals surface area contributed by atoms with Crippen LogP contribution in [0.25, 0.3) is 21.9 Å². The second-order valence-electron chi connectivity index (χ2n) is 5.69. The van der Waals surface area contributed by atoms with Crippen molar-refractivity contribution in [2.24, 2.45) is 0 Å². The SMILES string of the molecule is O=[N+]([O-])c1ccc(NC(=S)Nc2ccc3c(c2)oc2ccccc23)cc1. The summed E-state index contributed by atoms with van der Waals surface area (Å²) in [4.78, 5) is 10.2. The van der Waals surface area contributed by atoms with Crippen molar-refractivity contribution in [1.29, 1.82) is 0 Å². The van der Waals surface area contributed by atoms with Gasteiger partial charge in [-0.05, 0) is 42.5 Å². The molecule has 128 valence electrons. The zero-order valence-corrected chi connectivity index (χ0v) is 14.2. The first-order valence-electron chi connectivity index (χ1n) is 7.84. The van der Waals surface area contributed by atoms with Gasteiger partial charge in [-0.25, -0.2) is 0 Å². The number of hydrogen-bond donors (Lipinski definition) is 2. The van der Waals surface area contributed by atoms with Crippen LogP contribution >= 0.6 is 12.2 Å². The van der Waals surface area contributed by atoms with Gasteiger partial charge in [0.05, 0.1) is 4.92 Å². The number of thiocarbonyl (C=S) groups is 1. The number of furan rings is 1. The third-order valence-electron chi connectivity index (χ3n) is 3.97. The van der Waals surface area contributed by atoms with Crippen LogP contribution in [0.3, 0.4) is 0 Å². The molecular formula is C19H13N3O3S. The van der Waals surface area contributed by atoms with Gasteiger partial charge in [-0.3, -0.25) is 10.1 Å². The van der Waals surface area contributed by atoms with Crippen molar-refractivity contribution >= 4 is 56.3 Å². The molecule has 6 nitrogen and oxygen atoms in total. The lowest BCUT2D eigenvalue weighted by Gasteiger charge is -2.10. The fraction of sp³-hybridized carbons (Fsp3) is 0. The smallest absolute Gasteiger partial charge is 0.269 e. The van der Waals surface area contributed by atoms with Crippen LogP contribution in [-0.2, 0) is 0 Å². The van der Waals surface area contributed by atoms with Crippen molar-refractivity contribution in [1.82, 2.24) is 0 Å². The van der Waals surface area contributed by atoms with Crippen LogP contribution in [0.4, 0.5) is 17.1 Å². The standard InChI is InChI=1S/C19H13N3O3S/c23-22(24)14-8-5-12(6-9-14)20-19(26)21-13-7-10-16-15-3-1-2-4-17(15)25-18(16)11-13/h1-11H,(H2,20,21,26). The van der Waals surface area contributed by atoms with Gasteiger partial charge < -0.3 is 15.1 Å². The zero-order chi connectivity index (χ0) is 18.1. The van der Waals surface area contributed by atoms with Crippen LogP contribution in [0, 0.1) is 10.1 Å². The van der Waals surface area contributed by atoms with E-state index in [4.69, 9.17) is 16.6 Å². The van der Waals surface area contributed by atoms with E-state index in [1.165, 1.54) is 12.1 Å². The molecule has 0 saturated heterocycles. The van der Waals surface area contributed by atoms with Crippen molar-refractivity contribution in [2.45, 2.75) is 0 Å². The normalized spacial score (nSPS) is 10.8. The lowest BCUT2D eigenvalue weighted by Crippen LogP contribution is -2.18. The van der Waals surface area contributed by atoms with E-state index in [1.54, 1.807) is 12.1 Å². The number of nitro groups is 1. The molecule has 26 heavy (non-hydrogen) atoms. The molecule has 3 aromatic carbocycles. The Morgan fingerprint density at radius 1 is 0.885 bits per heavy atom. The molecule has 0 saturated carbocycles. The average Bonchev–Trinajstić information content (AvgIpc) is 2.99. The fourth-order valence-corrected chi connectivity index (χ4v) is 3.00. The first kappa shape index (κ1) is 16.0. The Kier molecular flexibility index (Phi) is 3.98. The second-order valence-corrected chi connectivity index (χ2v) is 6.10. The van der Waals surface area contributed by atoms with E-state index in [9.17, 15) is 10.1 Å². The molecule has 0 amide bonds. The first-order valence-corrected chi connectivity index (χ1v) is 8.25. The first-order chi connectivity index (χ1) is 12.6. The number of hydrogen-bond acceptors (Lipinski definition) is 4. The van der Waals surface area contributed by atoms with E-state index in [2.05, 4.69) is 10.6 Å². The Labute approximate surface area is 153 Å². The molecule has 1 aromatic heterocycles. The quantitative estimate of drug-likeness (QED) is 0.292. The van der Waals surface area contributed by atoms with Crippen LogP contribution in [-0.4, -0.2) is 10.0 Å². The number of anilines is 2. The van der Waals surface area contributed by atoms with Gasteiger partial charge in [0.1, 0.15) is 11.2 Å². The fourth-order valence-electron chi connectivity index (χ4n) is 2.76. The monoisotopic (exact) mass is 363 g/mol. The Morgan fingerprint density at radius 3 is 2.31 bits per heavy atom. The molecule has 0 aliphatic carbocycles. The van der Waals surface area contributed by atoms with Crippen LogP contribution in [0.15, 0.2) is 71.1 Å².